The number of benzene rings is 3. The van der Waals surface area contributed by atoms with E-state index in [0.29, 0.717) is 6.54 Å². The van der Waals surface area contributed by atoms with E-state index < -0.39 is 21.8 Å². The number of nitrogens with one attached hydrogen (secondary N) is 1. The van der Waals surface area contributed by atoms with Gasteiger partial charge in [0.05, 0.1) is 10.5 Å². The highest BCUT2D eigenvalue weighted by atomic mass is 79.9. The summed E-state index contributed by atoms with van der Waals surface area (Å²) in [4.78, 5) is 14.1. The Morgan fingerprint density at radius 3 is 2.50 bits per heavy atom. The fourth-order valence-corrected chi connectivity index (χ4v) is 5.00. The average Bonchev–Trinajstić information content (AvgIpc) is 3.20. The third-order valence-electron chi connectivity index (χ3n) is 5.18. The van der Waals surface area contributed by atoms with Crippen molar-refractivity contribution in [1.29, 1.82) is 0 Å². The maximum atomic E-state index is 12.9. The summed E-state index contributed by atoms with van der Waals surface area (Å²) in [6.07, 6.45) is -3.85. The molecule has 1 amide bonds. The number of halogens is 4. The van der Waals surface area contributed by atoms with Crippen molar-refractivity contribution in [3.63, 3.8) is 0 Å². The molecule has 1 N–H and O–H groups in total. The van der Waals surface area contributed by atoms with Gasteiger partial charge in [0.25, 0.3) is 15.9 Å². The number of hydrogen-bond acceptors (Lipinski definition) is 4. The number of nitrogens with zero attached hydrogens (tertiary/aromatic N) is 1. The highest BCUT2D eigenvalue weighted by Crippen LogP contribution is 2.32. The van der Waals surface area contributed by atoms with Gasteiger partial charge in [-0.2, -0.15) is 13.2 Å². The zero-order valence-corrected chi connectivity index (χ0v) is 19.9. The van der Waals surface area contributed by atoms with E-state index in [1.807, 2.05) is 18.2 Å². The molecule has 0 spiro atoms. The molecule has 0 fully saturated rings. The fourth-order valence-electron chi connectivity index (χ4n) is 3.54. The van der Waals surface area contributed by atoms with Crippen molar-refractivity contribution in [3.8, 4) is 5.75 Å². The Bertz CT molecular complexity index is 1330. The molecule has 0 saturated heterocycles. The van der Waals surface area contributed by atoms with Crippen LogP contribution in [0.3, 0.4) is 0 Å². The number of carbonyl (C=O) groups excluding carboxylic acids is 1. The summed E-state index contributed by atoms with van der Waals surface area (Å²) in [5, 5.41) is 0. The smallest absolute Gasteiger partial charge is 0.416 e. The van der Waals surface area contributed by atoms with E-state index in [4.69, 9.17) is 4.74 Å². The third kappa shape index (κ3) is 5.36. The first-order chi connectivity index (χ1) is 16.0. The quantitative estimate of drug-likeness (QED) is 0.452. The molecule has 0 unspecified atom stereocenters. The van der Waals surface area contributed by atoms with Crippen LogP contribution in [0.25, 0.3) is 0 Å². The summed E-state index contributed by atoms with van der Waals surface area (Å²) in [6, 6.07) is 14.9. The van der Waals surface area contributed by atoms with Gasteiger partial charge in [-0.05, 0) is 72.6 Å². The van der Waals surface area contributed by atoms with Gasteiger partial charge in [-0.15, -0.1) is 0 Å². The van der Waals surface area contributed by atoms with E-state index in [9.17, 15) is 26.4 Å². The van der Waals surface area contributed by atoms with Crippen LogP contribution in [-0.4, -0.2) is 27.5 Å². The second-order valence-electron chi connectivity index (χ2n) is 7.51. The molecule has 3 aromatic carbocycles. The second kappa shape index (κ2) is 9.30. The number of alkyl halides is 3. The lowest BCUT2D eigenvalue weighted by atomic mass is 10.2. The molecular weight excluding hydrogens is 537 g/mol. The number of carbonyl (C=O) groups is 1. The van der Waals surface area contributed by atoms with Gasteiger partial charge in [0.2, 0.25) is 0 Å². The predicted molar refractivity (Wildman–Crippen MR) is 124 cm³/mol. The van der Waals surface area contributed by atoms with Crippen LogP contribution in [0.5, 0.6) is 5.75 Å². The first-order valence-electron chi connectivity index (χ1n) is 10.0. The van der Waals surface area contributed by atoms with Crippen molar-refractivity contribution in [3.05, 3.63) is 82.3 Å². The van der Waals surface area contributed by atoms with Crippen LogP contribution >= 0.6 is 15.9 Å². The van der Waals surface area contributed by atoms with Gasteiger partial charge in [0.15, 0.2) is 6.61 Å². The van der Waals surface area contributed by atoms with Crippen LogP contribution in [0, 0.1) is 0 Å². The maximum Gasteiger partial charge on any atom is 0.416 e. The Balaban J connectivity index is 1.39. The van der Waals surface area contributed by atoms with E-state index in [0.717, 1.165) is 40.3 Å². The summed E-state index contributed by atoms with van der Waals surface area (Å²) in [5.74, 6) is 0.0468. The Labute approximate surface area is 202 Å². The molecule has 1 aliphatic heterocycles. The first kappa shape index (κ1) is 24.1. The number of sulfonamides is 1. The molecule has 34 heavy (non-hydrogen) atoms. The molecule has 178 valence electrons. The minimum atomic E-state index is -4.59. The standard InChI is InChI=1S/C23H18BrF3N2O4S/c24-17-4-9-21-15(12-17)10-11-29(21)22(30)14-33-19-5-7-20(8-6-19)34(31,32)28-18-3-1-2-16(13-18)23(25,26)27/h1-9,12-13,28H,10-11,14H2. The van der Waals surface area contributed by atoms with Crippen molar-refractivity contribution in [2.75, 3.05) is 22.8 Å². The highest BCUT2D eigenvalue weighted by Gasteiger charge is 2.31. The van der Waals surface area contributed by atoms with Crippen molar-refractivity contribution >= 4 is 43.2 Å². The summed E-state index contributed by atoms with van der Waals surface area (Å²) >= 11 is 3.41. The zero-order valence-electron chi connectivity index (χ0n) is 17.5. The Kier molecular flexibility index (Phi) is 6.59. The van der Waals surface area contributed by atoms with Crippen molar-refractivity contribution in [1.82, 2.24) is 0 Å². The lowest BCUT2D eigenvalue weighted by Gasteiger charge is -2.18. The normalized spacial score (nSPS) is 13.5. The molecule has 0 aromatic heterocycles. The van der Waals surface area contributed by atoms with Crippen LogP contribution in [0.4, 0.5) is 24.5 Å². The maximum absolute atomic E-state index is 12.9. The molecule has 6 nitrogen and oxygen atoms in total. The van der Waals surface area contributed by atoms with Gasteiger partial charge in [-0.3, -0.25) is 9.52 Å². The molecule has 1 heterocycles. The van der Waals surface area contributed by atoms with E-state index in [-0.39, 0.29) is 28.8 Å². The number of hydrogen-bond donors (Lipinski definition) is 1. The van der Waals surface area contributed by atoms with E-state index in [1.54, 1.807) is 4.90 Å². The monoisotopic (exact) mass is 554 g/mol. The largest absolute Gasteiger partial charge is 0.484 e. The van der Waals surface area contributed by atoms with Gasteiger partial charge in [-0.1, -0.05) is 22.0 Å². The lowest BCUT2D eigenvalue weighted by Crippen LogP contribution is -2.33. The topological polar surface area (TPSA) is 75.7 Å². The second-order valence-corrected chi connectivity index (χ2v) is 10.1. The molecule has 4 rings (SSSR count). The van der Waals surface area contributed by atoms with Crippen LogP contribution in [0.15, 0.2) is 76.1 Å². The Morgan fingerprint density at radius 1 is 1.06 bits per heavy atom. The zero-order chi connectivity index (χ0) is 24.5. The van der Waals surface area contributed by atoms with Crippen LogP contribution < -0.4 is 14.4 Å². The Hall–Kier alpha value is -3.05. The molecule has 0 radical (unpaired) electrons. The summed E-state index contributed by atoms with van der Waals surface area (Å²) in [5.41, 5.74) is 0.720. The van der Waals surface area contributed by atoms with E-state index in [1.165, 1.54) is 30.3 Å². The summed E-state index contributed by atoms with van der Waals surface area (Å²) < 4.78 is 72.3. The number of amides is 1. The van der Waals surface area contributed by atoms with Gasteiger partial charge < -0.3 is 9.64 Å². The van der Waals surface area contributed by atoms with Gasteiger partial charge in [-0.25, -0.2) is 8.42 Å². The molecule has 0 atom stereocenters. The van der Waals surface area contributed by atoms with E-state index in [2.05, 4.69) is 20.7 Å². The van der Waals surface area contributed by atoms with Gasteiger partial charge in [0, 0.05) is 22.4 Å². The van der Waals surface area contributed by atoms with Gasteiger partial charge in [0.1, 0.15) is 5.75 Å². The minimum Gasteiger partial charge on any atom is -0.484 e. The molecular formula is C23H18BrF3N2O4S. The fraction of sp³-hybridized carbons (Fsp3) is 0.174. The van der Waals surface area contributed by atoms with Crippen LogP contribution in [-0.2, 0) is 27.4 Å². The number of fused-ring (bicyclic) bond motifs is 1. The summed E-state index contributed by atoms with van der Waals surface area (Å²) in [7, 11) is -4.13. The number of rotatable bonds is 6. The average molecular weight is 555 g/mol. The molecule has 0 saturated carbocycles. The number of anilines is 2. The highest BCUT2D eigenvalue weighted by molar-refractivity contribution is 9.10. The van der Waals surface area contributed by atoms with Crippen LogP contribution in [0.2, 0.25) is 0 Å². The molecule has 0 bridgehead atoms. The first-order valence-corrected chi connectivity index (χ1v) is 12.3. The van der Waals surface area contributed by atoms with Crippen molar-refractivity contribution in [2.45, 2.75) is 17.5 Å². The third-order valence-corrected chi connectivity index (χ3v) is 7.07. The SMILES string of the molecule is O=C(COc1ccc(S(=O)(=O)Nc2cccc(C(F)(F)F)c2)cc1)N1CCc2cc(Br)ccc21. The predicted octanol–water partition coefficient (Wildman–Crippen LogP) is 5.24. The Morgan fingerprint density at radius 2 is 1.79 bits per heavy atom. The molecule has 3 aromatic rings. The van der Waals surface area contributed by atoms with Crippen molar-refractivity contribution in [2.24, 2.45) is 0 Å². The molecule has 1 aliphatic rings. The van der Waals surface area contributed by atoms with Crippen molar-refractivity contribution < 1.29 is 31.1 Å². The van der Waals surface area contributed by atoms with E-state index >= 15 is 0 Å². The van der Waals surface area contributed by atoms with Crippen LogP contribution in [0.1, 0.15) is 11.1 Å². The lowest BCUT2D eigenvalue weighted by molar-refractivity contribution is -0.137. The summed E-state index contributed by atoms with van der Waals surface area (Å²) in [6.45, 7) is 0.316. The molecule has 0 aliphatic carbocycles. The molecule has 11 heteroatoms. The van der Waals surface area contributed by atoms with Gasteiger partial charge >= 0.3 is 6.18 Å². The number of ether oxygens (including phenoxy) is 1. The minimum absolute atomic E-state index is 0.164.